The fourth-order valence-corrected chi connectivity index (χ4v) is 1.54. The van der Waals surface area contributed by atoms with Gasteiger partial charge in [-0.25, -0.2) is 0 Å². The quantitative estimate of drug-likeness (QED) is 0.734. The Bertz CT molecular complexity index is 338. The summed E-state index contributed by atoms with van der Waals surface area (Å²) < 4.78 is 4.55. The maximum Gasteiger partial charge on any atom is 0.309 e. The standard InChI is InChI=1S/C10H10Cl2O2/c1-6-3-7(5-9(13)14-2)4-8(11)10(6)12/h3-4H,5H2,1-2H3. The fourth-order valence-electron chi connectivity index (χ4n) is 1.14. The number of aryl methyl sites for hydroxylation is 1. The Morgan fingerprint density at radius 3 is 2.57 bits per heavy atom. The first kappa shape index (κ1) is 11.3. The Hall–Kier alpha value is -0.730. The van der Waals surface area contributed by atoms with Gasteiger partial charge in [-0.05, 0) is 24.1 Å². The average molecular weight is 233 g/mol. The topological polar surface area (TPSA) is 26.3 Å². The minimum Gasteiger partial charge on any atom is -0.469 e. The lowest BCUT2D eigenvalue weighted by Gasteiger charge is -2.05. The second-order valence-electron chi connectivity index (χ2n) is 2.96. The largest absolute Gasteiger partial charge is 0.469 e. The highest BCUT2D eigenvalue weighted by Gasteiger charge is 2.07. The maximum atomic E-state index is 11.0. The highest BCUT2D eigenvalue weighted by molar-refractivity contribution is 6.42. The van der Waals surface area contributed by atoms with Crippen LogP contribution in [0.4, 0.5) is 0 Å². The third-order valence-electron chi connectivity index (χ3n) is 1.85. The molecule has 1 rings (SSSR count). The molecule has 1 aromatic rings. The molecular weight excluding hydrogens is 223 g/mol. The van der Waals surface area contributed by atoms with Crippen LogP contribution in [0.15, 0.2) is 12.1 Å². The molecule has 2 nitrogen and oxygen atoms in total. The molecule has 0 aromatic heterocycles. The van der Waals surface area contributed by atoms with E-state index in [2.05, 4.69) is 4.74 Å². The van der Waals surface area contributed by atoms with Crippen LogP contribution in [0.25, 0.3) is 0 Å². The molecular formula is C10H10Cl2O2. The summed E-state index contributed by atoms with van der Waals surface area (Å²) >= 11 is 11.7. The predicted octanol–water partition coefficient (Wildman–Crippen LogP) is 3.02. The van der Waals surface area contributed by atoms with Crippen LogP contribution in [0.1, 0.15) is 11.1 Å². The molecule has 1 aromatic carbocycles. The van der Waals surface area contributed by atoms with E-state index in [1.165, 1.54) is 7.11 Å². The van der Waals surface area contributed by atoms with E-state index in [-0.39, 0.29) is 12.4 Å². The van der Waals surface area contributed by atoms with Crippen molar-refractivity contribution < 1.29 is 9.53 Å². The number of rotatable bonds is 2. The Kier molecular flexibility index (Phi) is 3.78. The van der Waals surface area contributed by atoms with Gasteiger partial charge in [-0.2, -0.15) is 0 Å². The Labute approximate surface area is 92.8 Å². The normalized spacial score (nSPS) is 10.0. The van der Waals surface area contributed by atoms with Crippen LogP contribution < -0.4 is 0 Å². The van der Waals surface area contributed by atoms with Gasteiger partial charge in [0.25, 0.3) is 0 Å². The van der Waals surface area contributed by atoms with E-state index in [9.17, 15) is 4.79 Å². The van der Waals surface area contributed by atoms with Crippen molar-refractivity contribution >= 4 is 29.2 Å². The molecule has 0 heterocycles. The van der Waals surface area contributed by atoms with E-state index in [0.717, 1.165) is 11.1 Å². The highest BCUT2D eigenvalue weighted by Crippen LogP contribution is 2.27. The van der Waals surface area contributed by atoms with Crippen LogP contribution in [0.3, 0.4) is 0 Å². The number of carbonyl (C=O) groups excluding carboxylic acids is 1. The molecule has 0 bridgehead atoms. The van der Waals surface area contributed by atoms with Crippen molar-refractivity contribution in [3.05, 3.63) is 33.3 Å². The second kappa shape index (κ2) is 4.67. The molecule has 0 aliphatic rings. The zero-order valence-corrected chi connectivity index (χ0v) is 9.45. The van der Waals surface area contributed by atoms with Gasteiger partial charge in [0, 0.05) is 0 Å². The van der Waals surface area contributed by atoms with E-state index in [0.29, 0.717) is 10.0 Å². The van der Waals surface area contributed by atoms with Crippen molar-refractivity contribution in [2.75, 3.05) is 7.11 Å². The van der Waals surface area contributed by atoms with Gasteiger partial charge >= 0.3 is 5.97 Å². The minimum absolute atomic E-state index is 0.216. The van der Waals surface area contributed by atoms with Gasteiger partial charge in [0.05, 0.1) is 23.6 Å². The smallest absolute Gasteiger partial charge is 0.309 e. The molecule has 0 aliphatic heterocycles. The summed E-state index contributed by atoms with van der Waals surface area (Å²) in [6.07, 6.45) is 0.216. The van der Waals surface area contributed by atoms with E-state index in [1.807, 2.05) is 13.0 Å². The van der Waals surface area contributed by atoms with Crippen LogP contribution >= 0.6 is 23.2 Å². The fraction of sp³-hybridized carbons (Fsp3) is 0.300. The van der Waals surface area contributed by atoms with Crippen molar-refractivity contribution in [1.29, 1.82) is 0 Å². The molecule has 4 heteroatoms. The molecule has 0 N–H and O–H groups in total. The first-order chi connectivity index (χ1) is 6.54. The SMILES string of the molecule is COC(=O)Cc1cc(C)c(Cl)c(Cl)c1. The number of halogens is 2. The number of methoxy groups -OCH3 is 1. The lowest BCUT2D eigenvalue weighted by molar-refractivity contribution is -0.139. The third kappa shape index (κ3) is 2.63. The summed E-state index contributed by atoms with van der Waals surface area (Å²) in [5, 5.41) is 0.992. The average Bonchev–Trinajstić information content (AvgIpc) is 2.14. The molecule has 76 valence electrons. The van der Waals surface area contributed by atoms with Crippen LogP contribution in [-0.2, 0) is 16.0 Å². The van der Waals surface area contributed by atoms with Crippen molar-refractivity contribution in [3.63, 3.8) is 0 Å². The van der Waals surface area contributed by atoms with E-state index in [4.69, 9.17) is 23.2 Å². The Balaban J connectivity index is 2.95. The summed E-state index contributed by atoms with van der Waals surface area (Å²) in [4.78, 5) is 11.0. The first-order valence-corrected chi connectivity index (χ1v) is 4.81. The summed E-state index contributed by atoms with van der Waals surface area (Å²) in [7, 11) is 1.35. The van der Waals surface area contributed by atoms with Gasteiger partial charge in [-0.15, -0.1) is 0 Å². The molecule has 0 unspecified atom stereocenters. The van der Waals surface area contributed by atoms with Crippen molar-refractivity contribution in [3.8, 4) is 0 Å². The molecule has 0 saturated carbocycles. The minimum atomic E-state index is -0.289. The lowest BCUT2D eigenvalue weighted by Crippen LogP contribution is -2.04. The van der Waals surface area contributed by atoms with E-state index >= 15 is 0 Å². The molecule has 0 radical (unpaired) electrons. The van der Waals surface area contributed by atoms with E-state index in [1.54, 1.807) is 6.07 Å². The molecule has 14 heavy (non-hydrogen) atoms. The number of esters is 1. The van der Waals surface area contributed by atoms with Gasteiger partial charge in [0.2, 0.25) is 0 Å². The number of hydrogen-bond acceptors (Lipinski definition) is 2. The molecule has 0 aliphatic carbocycles. The zero-order chi connectivity index (χ0) is 10.7. The Morgan fingerprint density at radius 2 is 2.07 bits per heavy atom. The van der Waals surface area contributed by atoms with Crippen LogP contribution in [0, 0.1) is 6.92 Å². The molecule has 0 spiro atoms. The van der Waals surface area contributed by atoms with Gasteiger partial charge in [0.1, 0.15) is 0 Å². The van der Waals surface area contributed by atoms with Crippen LogP contribution in [0.5, 0.6) is 0 Å². The molecule has 0 amide bonds. The van der Waals surface area contributed by atoms with Gasteiger partial charge in [-0.1, -0.05) is 29.3 Å². The third-order valence-corrected chi connectivity index (χ3v) is 2.74. The maximum absolute atomic E-state index is 11.0. The number of hydrogen-bond donors (Lipinski definition) is 0. The van der Waals surface area contributed by atoms with Gasteiger partial charge in [0.15, 0.2) is 0 Å². The molecule has 0 atom stereocenters. The van der Waals surface area contributed by atoms with E-state index < -0.39 is 0 Å². The summed E-state index contributed by atoms with van der Waals surface area (Å²) in [6.45, 7) is 1.84. The molecule has 0 saturated heterocycles. The summed E-state index contributed by atoms with van der Waals surface area (Å²) in [6, 6.07) is 3.50. The summed E-state index contributed by atoms with van der Waals surface area (Å²) in [5.74, 6) is -0.289. The zero-order valence-electron chi connectivity index (χ0n) is 7.93. The predicted molar refractivity (Wildman–Crippen MR) is 56.9 cm³/mol. The number of carbonyl (C=O) groups is 1. The van der Waals surface area contributed by atoms with Crippen LogP contribution in [0.2, 0.25) is 10.0 Å². The van der Waals surface area contributed by atoms with Gasteiger partial charge in [-0.3, -0.25) is 4.79 Å². The first-order valence-electron chi connectivity index (χ1n) is 4.06. The monoisotopic (exact) mass is 232 g/mol. The summed E-state index contributed by atoms with van der Waals surface area (Å²) in [5.41, 5.74) is 1.67. The van der Waals surface area contributed by atoms with Crippen molar-refractivity contribution in [1.82, 2.24) is 0 Å². The van der Waals surface area contributed by atoms with Crippen molar-refractivity contribution in [2.45, 2.75) is 13.3 Å². The molecule has 0 fully saturated rings. The van der Waals surface area contributed by atoms with Gasteiger partial charge < -0.3 is 4.74 Å². The lowest BCUT2D eigenvalue weighted by atomic mass is 10.1. The second-order valence-corrected chi connectivity index (χ2v) is 3.75. The van der Waals surface area contributed by atoms with Crippen LogP contribution in [-0.4, -0.2) is 13.1 Å². The highest BCUT2D eigenvalue weighted by atomic mass is 35.5. The van der Waals surface area contributed by atoms with Crippen molar-refractivity contribution in [2.24, 2.45) is 0 Å². The number of benzene rings is 1. The Morgan fingerprint density at radius 1 is 1.43 bits per heavy atom. The number of ether oxygens (including phenoxy) is 1.